The molecule has 0 aromatic heterocycles. The fraction of sp³-hybridized carbons (Fsp3) is 0.562. The molecule has 2 saturated heterocycles. The van der Waals surface area contributed by atoms with E-state index in [0.717, 1.165) is 32.6 Å². The molecule has 3 rings (SSSR count). The molecule has 0 radical (unpaired) electrons. The molecule has 1 amide bonds. The van der Waals surface area contributed by atoms with Crippen LogP contribution in [0.3, 0.4) is 0 Å². The third-order valence-corrected chi connectivity index (χ3v) is 5.36. The maximum atomic E-state index is 13.4. The Balaban J connectivity index is 1.79. The van der Waals surface area contributed by atoms with Gasteiger partial charge in [0, 0.05) is 29.5 Å². The first-order chi connectivity index (χ1) is 10.1. The van der Waals surface area contributed by atoms with Gasteiger partial charge in [-0.2, -0.15) is 0 Å². The number of halogens is 2. The zero-order valence-electron chi connectivity index (χ0n) is 12.0. The molecular weight excluding hydrogens is 335 g/mol. The second-order valence-corrected chi connectivity index (χ2v) is 7.09. The van der Waals surface area contributed by atoms with Crippen molar-refractivity contribution in [3.8, 4) is 0 Å². The number of hydrogen-bond donors (Lipinski definition) is 1. The quantitative estimate of drug-likeness (QED) is 0.839. The lowest BCUT2D eigenvalue weighted by molar-refractivity contribution is 0.0433. The Kier molecular flexibility index (Phi) is 4.31. The molecule has 1 atom stereocenters. The van der Waals surface area contributed by atoms with Crippen LogP contribution in [-0.4, -0.2) is 37.0 Å². The van der Waals surface area contributed by atoms with Gasteiger partial charge in [-0.3, -0.25) is 4.79 Å². The summed E-state index contributed by atoms with van der Waals surface area (Å²) in [4.78, 5) is 14.6. The van der Waals surface area contributed by atoms with Gasteiger partial charge >= 0.3 is 0 Å². The molecule has 0 saturated carbocycles. The molecule has 1 N–H and O–H groups in total. The lowest BCUT2D eigenvalue weighted by Crippen LogP contribution is -2.52. The average molecular weight is 355 g/mol. The summed E-state index contributed by atoms with van der Waals surface area (Å²) in [7, 11) is 0. The number of nitrogens with zero attached hydrogens (tertiary/aromatic N) is 1. The van der Waals surface area contributed by atoms with Crippen molar-refractivity contribution < 1.29 is 9.18 Å². The average Bonchev–Trinajstić information content (AvgIpc) is 2.50. The highest BCUT2D eigenvalue weighted by atomic mass is 79.9. The molecule has 1 aromatic rings. The molecule has 5 heteroatoms. The number of amides is 1. The number of carbonyl (C=O) groups is 1. The molecule has 2 heterocycles. The van der Waals surface area contributed by atoms with Gasteiger partial charge in [0.25, 0.3) is 5.91 Å². The van der Waals surface area contributed by atoms with E-state index in [9.17, 15) is 9.18 Å². The van der Waals surface area contributed by atoms with Gasteiger partial charge < -0.3 is 10.2 Å². The molecule has 0 bridgehead atoms. The molecule has 1 unspecified atom stereocenters. The second-order valence-electron chi connectivity index (χ2n) is 6.23. The van der Waals surface area contributed by atoms with E-state index in [1.165, 1.54) is 31.4 Å². The highest BCUT2D eigenvalue weighted by Crippen LogP contribution is 2.36. The van der Waals surface area contributed by atoms with Crippen LogP contribution in [0.2, 0.25) is 0 Å². The summed E-state index contributed by atoms with van der Waals surface area (Å²) in [5, 5.41) is 3.46. The van der Waals surface area contributed by atoms with E-state index in [0.29, 0.717) is 10.0 Å². The number of piperidine rings is 2. The molecule has 1 aromatic carbocycles. The number of nitrogens with one attached hydrogen (secondary N) is 1. The van der Waals surface area contributed by atoms with Crippen molar-refractivity contribution in [2.24, 2.45) is 5.41 Å². The van der Waals surface area contributed by atoms with Crippen molar-refractivity contribution in [3.63, 3.8) is 0 Å². The van der Waals surface area contributed by atoms with Crippen LogP contribution < -0.4 is 5.32 Å². The fourth-order valence-electron chi connectivity index (χ4n) is 3.59. The number of rotatable bonds is 1. The minimum Gasteiger partial charge on any atom is -0.338 e. The molecular formula is C16H20BrFN2O. The van der Waals surface area contributed by atoms with Crippen LogP contribution in [0.15, 0.2) is 22.7 Å². The Morgan fingerprint density at radius 2 is 2.14 bits per heavy atom. The van der Waals surface area contributed by atoms with Crippen molar-refractivity contribution in [3.05, 3.63) is 34.1 Å². The summed E-state index contributed by atoms with van der Waals surface area (Å²) >= 11 is 3.36. The van der Waals surface area contributed by atoms with E-state index in [-0.39, 0.29) is 17.1 Å². The molecule has 114 valence electrons. The third kappa shape index (κ3) is 3.14. The lowest BCUT2D eigenvalue weighted by atomic mass is 9.74. The van der Waals surface area contributed by atoms with Crippen LogP contribution in [-0.2, 0) is 0 Å². The number of likely N-dealkylation sites (tertiary alicyclic amines) is 1. The monoisotopic (exact) mass is 354 g/mol. The largest absolute Gasteiger partial charge is 0.338 e. The highest BCUT2D eigenvalue weighted by Gasteiger charge is 2.38. The van der Waals surface area contributed by atoms with Crippen molar-refractivity contribution in [1.29, 1.82) is 0 Å². The Bertz CT molecular complexity index is 538. The van der Waals surface area contributed by atoms with Gasteiger partial charge in [-0.1, -0.05) is 0 Å². The number of hydrogen-bond acceptors (Lipinski definition) is 2. The van der Waals surface area contributed by atoms with Crippen LogP contribution >= 0.6 is 15.9 Å². The molecule has 3 nitrogen and oxygen atoms in total. The summed E-state index contributed by atoms with van der Waals surface area (Å²) < 4.78 is 14.1. The summed E-state index contributed by atoms with van der Waals surface area (Å²) in [6.45, 7) is 3.61. The highest BCUT2D eigenvalue weighted by molar-refractivity contribution is 9.10. The summed E-state index contributed by atoms with van der Waals surface area (Å²) in [6.07, 6.45) is 4.55. The first kappa shape index (κ1) is 15.0. The van der Waals surface area contributed by atoms with Crippen LogP contribution in [0.25, 0.3) is 0 Å². The van der Waals surface area contributed by atoms with Gasteiger partial charge in [0.1, 0.15) is 5.82 Å². The fourth-order valence-corrected chi connectivity index (χ4v) is 4.01. The maximum absolute atomic E-state index is 13.4. The Morgan fingerprint density at radius 3 is 2.90 bits per heavy atom. The number of carbonyl (C=O) groups excluding carboxylic acids is 1. The van der Waals surface area contributed by atoms with Crippen molar-refractivity contribution in [1.82, 2.24) is 10.2 Å². The van der Waals surface area contributed by atoms with E-state index in [4.69, 9.17) is 0 Å². The van der Waals surface area contributed by atoms with Gasteiger partial charge in [-0.25, -0.2) is 4.39 Å². The Labute approximate surface area is 133 Å². The minimum absolute atomic E-state index is 0.0639. The predicted octanol–water partition coefficient (Wildman–Crippen LogP) is 3.19. The van der Waals surface area contributed by atoms with E-state index in [1.54, 1.807) is 6.07 Å². The van der Waals surface area contributed by atoms with Gasteiger partial charge in [-0.15, -0.1) is 0 Å². The maximum Gasteiger partial charge on any atom is 0.255 e. The van der Waals surface area contributed by atoms with Crippen LogP contribution in [0.1, 0.15) is 36.0 Å². The first-order valence-corrected chi connectivity index (χ1v) is 8.34. The smallest absolute Gasteiger partial charge is 0.255 e. The Hall–Kier alpha value is -0.940. The summed E-state index contributed by atoms with van der Waals surface area (Å²) in [6, 6.07) is 4.29. The van der Waals surface area contributed by atoms with E-state index in [2.05, 4.69) is 21.2 Å². The Morgan fingerprint density at radius 1 is 1.33 bits per heavy atom. The SMILES string of the molecule is O=C(c1cc(F)ccc1Br)N1CCCC2(CCCNC2)C1. The van der Waals surface area contributed by atoms with E-state index >= 15 is 0 Å². The zero-order chi connectivity index (χ0) is 14.9. The molecule has 2 aliphatic rings. The normalized spacial score (nSPS) is 26.1. The van der Waals surface area contributed by atoms with E-state index < -0.39 is 0 Å². The van der Waals surface area contributed by atoms with E-state index in [1.807, 2.05) is 4.90 Å². The number of benzene rings is 1. The van der Waals surface area contributed by atoms with Crippen LogP contribution in [0, 0.1) is 11.2 Å². The van der Waals surface area contributed by atoms with Crippen LogP contribution in [0.4, 0.5) is 4.39 Å². The van der Waals surface area contributed by atoms with Gasteiger partial charge in [-0.05, 0) is 66.4 Å². The van der Waals surface area contributed by atoms with Crippen molar-refractivity contribution >= 4 is 21.8 Å². The van der Waals surface area contributed by atoms with Crippen molar-refractivity contribution in [2.75, 3.05) is 26.2 Å². The molecule has 2 aliphatic heterocycles. The van der Waals surface area contributed by atoms with Gasteiger partial charge in [0.2, 0.25) is 0 Å². The molecule has 21 heavy (non-hydrogen) atoms. The van der Waals surface area contributed by atoms with Gasteiger partial charge in [0.05, 0.1) is 5.56 Å². The van der Waals surface area contributed by atoms with Crippen molar-refractivity contribution in [2.45, 2.75) is 25.7 Å². The van der Waals surface area contributed by atoms with Gasteiger partial charge in [0.15, 0.2) is 0 Å². The third-order valence-electron chi connectivity index (χ3n) is 4.67. The molecule has 1 spiro atoms. The second kappa shape index (κ2) is 6.05. The minimum atomic E-state index is -0.368. The zero-order valence-corrected chi connectivity index (χ0v) is 13.6. The topological polar surface area (TPSA) is 32.3 Å². The predicted molar refractivity (Wildman–Crippen MR) is 83.8 cm³/mol. The summed E-state index contributed by atoms with van der Waals surface area (Å²) in [5.74, 6) is -0.432. The first-order valence-electron chi connectivity index (χ1n) is 7.55. The molecule has 2 fully saturated rings. The standard InChI is InChI=1S/C16H20BrFN2O/c17-14-4-3-12(18)9-13(14)15(21)20-8-2-6-16(11-20)5-1-7-19-10-16/h3-4,9,19H,1-2,5-8,10-11H2. The van der Waals surface area contributed by atoms with Crippen LogP contribution in [0.5, 0.6) is 0 Å². The summed E-state index contributed by atoms with van der Waals surface area (Å²) in [5.41, 5.74) is 0.641. The molecule has 0 aliphatic carbocycles. The lowest BCUT2D eigenvalue weighted by Gasteiger charge is -2.45.